The summed E-state index contributed by atoms with van der Waals surface area (Å²) >= 11 is 0. The number of rotatable bonds is 7. The van der Waals surface area contributed by atoms with E-state index in [0.717, 1.165) is 24.2 Å². The Balaban J connectivity index is 0.00000192. The topological polar surface area (TPSA) is 84.2 Å². The maximum absolute atomic E-state index is 12.3. The average molecular weight is 344 g/mol. The zero-order valence-electron chi connectivity index (χ0n) is 13.8. The fourth-order valence-corrected chi connectivity index (χ4v) is 5.48. The van der Waals surface area contributed by atoms with Gasteiger partial charge in [0, 0.05) is 13.0 Å². The molecule has 4 N–H and O–H groups in total. The van der Waals surface area contributed by atoms with Crippen LogP contribution in [0.3, 0.4) is 0 Å². The maximum Gasteiger partial charge on any atom is 0.239 e. The van der Waals surface area contributed by atoms with E-state index in [1.54, 1.807) is 0 Å². The van der Waals surface area contributed by atoms with Crippen LogP contribution in [-0.2, 0) is 9.59 Å². The Kier molecular flexibility index (Phi) is 6.32. The molecule has 4 aliphatic carbocycles. The highest BCUT2D eigenvalue weighted by molar-refractivity contribution is 5.85. The minimum absolute atomic E-state index is 0. The molecule has 0 saturated heterocycles. The third-order valence-electron chi connectivity index (χ3n) is 5.85. The Hall–Kier alpha value is -0.810. The summed E-state index contributed by atoms with van der Waals surface area (Å²) in [5, 5.41) is 5.57. The monoisotopic (exact) mass is 343 g/mol. The molecule has 0 radical (unpaired) electrons. The molecule has 0 unspecified atom stereocenters. The van der Waals surface area contributed by atoms with Gasteiger partial charge < -0.3 is 16.4 Å². The van der Waals surface area contributed by atoms with E-state index in [1.165, 1.54) is 38.5 Å². The van der Waals surface area contributed by atoms with Crippen molar-refractivity contribution in [2.45, 2.75) is 51.4 Å². The predicted molar refractivity (Wildman–Crippen MR) is 92.2 cm³/mol. The van der Waals surface area contributed by atoms with Crippen molar-refractivity contribution in [1.82, 2.24) is 10.6 Å². The molecule has 0 atom stereocenters. The van der Waals surface area contributed by atoms with Gasteiger partial charge in [-0.05, 0) is 74.7 Å². The first-order valence-corrected chi connectivity index (χ1v) is 8.82. The summed E-state index contributed by atoms with van der Waals surface area (Å²) in [5.41, 5.74) is 5.63. The summed E-state index contributed by atoms with van der Waals surface area (Å²) in [7, 11) is 0. The fraction of sp³-hybridized carbons (Fsp3) is 0.882. The van der Waals surface area contributed by atoms with Gasteiger partial charge >= 0.3 is 0 Å². The summed E-state index contributed by atoms with van der Waals surface area (Å²) in [6.07, 6.45) is 9.26. The largest absolute Gasteiger partial charge is 0.355 e. The molecule has 4 fully saturated rings. The van der Waals surface area contributed by atoms with Crippen LogP contribution >= 0.6 is 12.4 Å². The molecule has 5 nitrogen and oxygen atoms in total. The van der Waals surface area contributed by atoms with Gasteiger partial charge in [0.05, 0.1) is 6.54 Å². The predicted octanol–water partition coefficient (Wildman–Crippen LogP) is 1.60. The Morgan fingerprint density at radius 1 is 0.957 bits per heavy atom. The van der Waals surface area contributed by atoms with E-state index in [-0.39, 0.29) is 36.2 Å². The minimum Gasteiger partial charge on any atom is -0.355 e. The summed E-state index contributed by atoms with van der Waals surface area (Å²) in [4.78, 5) is 23.9. The van der Waals surface area contributed by atoms with Crippen LogP contribution < -0.4 is 16.4 Å². The number of carbonyl (C=O) groups excluding carboxylic acids is 2. The van der Waals surface area contributed by atoms with Gasteiger partial charge in [-0.1, -0.05) is 0 Å². The van der Waals surface area contributed by atoms with Crippen LogP contribution in [-0.4, -0.2) is 31.4 Å². The second-order valence-electron chi connectivity index (χ2n) is 7.86. The second kappa shape index (κ2) is 7.84. The van der Waals surface area contributed by atoms with Crippen molar-refractivity contribution < 1.29 is 9.59 Å². The van der Waals surface area contributed by atoms with Crippen LogP contribution in [0.2, 0.25) is 0 Å². The van der Waals surface area contributed by atoms with Gasteiger partial charge in [-0.3, -0.25) is 9.59 Å². The highest BCUT2D eigenvalue weighted by Crippen LogP contribution is 2.61. The van der Waals surface area contributed by atoms with Gasteiger partial charge in [0.25, 0.3) is 0 Å². The van der Waals surface area contributed by atoms with Gasteiger partial charge in [-0.2, -0.15) is 0 Å². The lowest BCUT2D eigenvalue weighted by atomic mass is 9.49. The lowest BCUT2D eigenvalue weighted by Crippen LogP contribution is -2.48. The van der Waals surface area contributed by atoms with E-state index >= 15 is 0 Å². The molecule has 4 aliphatic rings. The quantitative estimate of drug-likeness (QED) is 0.614. The molecule has 0 spiro atoms. The standard InChI is InChI=1S/C17H29N3O2.ClH/c18-2-1-3-19-16(22)11-20-15(21)10-17-7-12-4-13(8-17)6-14(5-12)9-17;/h12-14H,1-11,18H2,(H,19,22)(H,20,21);1H. The molecule has 4 rings (SSSR count). The van der Waals surface area contributed by atoms with E-state index in [4.69, 9.17) is 5.73 Å². The molecule has 4 saturated carbocycles. The highest BCUT2D eigenvalue weighted by Gasteiger charge is 2.51. The van der Waals surface area contributed by atoms with Gasteiger partial charge in [0.2, 0.25) is 11.8 Å². The SMILES string of the molecule is Cl.NCCCNC(=O)CNC(=O)CC12CC3CC(CC(C3)C1)C2. The summed E-state index contributed by atoms with van der Waals surface area (Å²) in [6, 6.07) is 0. The molecule has 0 heterocycles. The number of hydrogen-bond donors (Lipinski definition) is 3. The van der Waals surface area contributed by atoms with E-state index < -0.39 is 0 Å². The van der Waals surface area contributed by atoms with Crippen LogP contribution in [0.5, 0.6) is 0 Å². The van der Waals surface area contributed by atoms with Crippen LogP contribution in [0.25, 0.3) is 0 Å². The van der Waals surface area contributed by atoms with E-state index in [2.05, 4.69) is 10.6 Å². The summed E-state index contributed by atoms with van der Waals surface area (Å²) in [5.74, 6) is 2.51. The van der Waals surface area contributed by atoms with Crippen molar-refractivity contribution in [3.05, 3.63) is 0 Å². The Morgan fingerprint density at radius 3 is 2.04 bits per heavy atom. The fourth-order valence-electron chi connectivity index (χ4n) is 5.48. The summed E-state index contributed by atoms with van der Waals surface area (Å²) < 4.78 is 0. The molecule has 132 valence electrons. The Labute approximate surface area is 144 Å². The van der Waals surface area contributed by atoms with Crippen molar-refractivity contribution in [2.75, 3.05) is 19.6 Å². The molecule has 6 heteroatoms. The third-order valence-corrected chi connectivity index (χ3v) is 5.85. The molecule has 4 bridgehead atoms. The number of nitrogens with one attached hydrogen (secondary N) is 2. The van der Waals surface area contributed by atoms with Crippen molar-refractivity contribution in [3.8, 4) is 0 Å². The van der Waals surface area contributed by atoms with Crippen LogP contribution in [0, 0.1) is 23.2 Å². The zero-order valence-corrected chi connectivity index (χ0v) is 14.6. The van der Waals surface area contributed by atoms with Gasteiger partial charge in [0.15, 0.2) is 0 Å². The number of carbonyl (C=O) groups is 2. The van der Waals surface area contributed by atoms with E-state index in [0.29, 0.717) is 19.5 Å². The van der Waals surface area contributed by atoms with E-state index in [9.17, 15) is 9.59 Å². The molecule has 23 heavy (non-hydrogen) atoms. The average Bonchev–Trinajstić information content (AvgIpc) is 2.43. The third kappa shape index (κ3) is 4.60. The van der Waals surface area contributed by atoms with Crippen molar-refractivity contribution in [1.29, 1.82) is 0 Å². The first kappa shape index (κ1) is 18.5. The Morgan fingerprint density at radius 2 is 1.52 bits per heavy atom. The first-order chi connectivity index (χ1) is 10.6. The first-order valence-electron chi connectivity index (χ1n) is 8.82. The Bertz CT molecular complexity index is 406. The lowest BCUT2D eigenvalue weighted by Gasteiger charge is -2.56. The van der Waals surface area contributed by atoms with Gasteiger partial charge in [0.1, 0.15) is 0 Å². The number of hydrogen-bond acceptors (Lipinski definition) is 3. The van der Waals surface area contributed by atoms with Crippen LogP contribution in [0.1, 0.15) is 51.4 Å². The zero-order chi connectivity index (χ0) is 15.6. The minimum atomic E-state index is -0.118. The highest BCUT2D eigenvalue weighted by atomic mass is 35.5. The molecule has 0 aromatic carbocycles. The van der Waals surface area contributed by atoms with Gasteiger partial charge in [-0.15, -0.1) is 12.4 Å². The van der Waals surface area contributed by atoms with Crippen LogP contribution in [0.15, 0.2) is 0 Å². The smallest absolute Gasteiger partial charge is 0.239 e. The maximum atomic E-state index is 12.3. The summed E-state index contributed by atoms with van der Waals surface area (Å²) in [6.45, 7) is 1.24. The molecule has 0 aromatic rings. The van der Waals surface area contributed by atoms with Crippen molar-refractivity contribution in [2.24, 2.45) is 28.9 Å². The second-order valence-corrected chi connectivity index (χ2v) is 7.86. The number of amides is 2. The molecule has 0 aromatic heterocycles. The van der Waals surface area contributed by atoms with E-state index in [1.807, 2.05) is 0 Å². The molecule has 0 aliphatic heterocycles. The molecule has 2 amide bonds. The number of halogens is 1. The number of nitrogens with two attached hydrogens (primary N) is 1. The van der Waals surface area contributed by atoms with Crippen LogP contribution in [0.4, 0.5) is 0 Å². The van der Waals surface area contributed by atoms with Crippen molar-refractivity contribution in [3.63, 3.8) is 0 Å². The lowest BCUT2D eigenvalue weighted by molar-refractivity contribution is -0.131. The van der Waals surface area contributed by atoms with Crippen molar-refractivity contribution >= 4 is 24.2 Å². The van der Waals surface area contributed by atoms with Gasteiger partial charge in [-0.25, -0.2) is 0 Å². The normalized spacial score (nSPS) is 33.9. The molecular weight excluding hydrogens is 314 g/mol. The molecular formula is C17H30ClN3O2.